The minimum atomic E-state index is 0.724. The minimum Gasteiger partial charge on any atom is -0.345 e. The Balaban J connectivity index is 2.04. The summed E-state index contributed by atoms with van der Waals surface area (Å²) in [6.07, 6.45) is 6.87. The molecule has 0 aliphatic heterocycles. The fourth-order valence-corrected chi connectivity index (χ4v) is 3.59. The third-order valence-corrected chi connectivity index (χ3v) is 4.43. The molecule has 17 heavy (non-hydrogen) atoms. The van der Waals surface area contributed by atoms with Gasteiger partial charge < -0.3 is 10.2 Å². The van der Waals surface area contributed by atoms with Gasteiger partial charge in [0.25, 0.3) is 0 Å². The van der Waals surface area contributed by atoms with Crippen LogP contribution in [0.5, 0.6) is 0 Å². The third-order valence-electron chi connectivity index (χ3n) is 3.50. The summed E-state index contributed by atoms with van der Waals surface area (Å²) >= 11 is 1.79. The molecule has 0 spiro atoms. The van der Waals surface area contributed by atoms with Crippen LogP contribution >= 0.6 is 11.3 Å². The molecule has 1 aromatic heterocycles. The van der Waals surface area contributed by atoms with Crippen molar-refractivity contribution in [3.63, 3.8) is 0 Å². The molecule has 0 atom stereocenters. The van der Waals surface area contributed by atoms with Crippen LogP contribution in [0.4, 0.5) is 5.13 Å². The lowest BCUT2D eigenvalue weighted by Gasteiger charge is -2.33. The summed E-state index contributed by atoms with van der Waals surface area (Å²) in [5.74, 6) is 0. The van der Waals surface area contributed by atoms with Crippen LogP contribution in [0.25, 0.3) is 0 Å². The van der Waals surface area contributed by atoms with Gasteiger partial charge in [0.1, 0.15) is 0 Å². The van der Waals surface area contributed by atoms with Crippen molar-refractivity contribution in [2.24, 2.45) is 0 Å². The van der Waals surface area contributed by atoms with Crippen LogP contribution in [0.15, 0.2) is 5.38 Å². The van der Waals surface area contributed by atoms with Crippen molar-refractivity contribution < 1.29 is 0 Å². The van der Waals surface area contributed by atoms with Crippen molar-refractivity contribution in [1.29, 1.82) is 0 Å². The van der Waals surface area contributed by atoms with Crippen molar-refractivity contribution in [3.8, 4) is 0 Å². The fourth-order valence-electron chi connectivity index (χ4n) is 2.63. The summed E-state index contributed by atoms with van der Waals surface area (Å²) in [6, 6.07) is 0.724. The van der Waals surface area contributed by atoms with Gasteiger partial charge in [-0.3, -0.25) is 0 Å². The van der Waals surface area contributed by atoms with E-state index < -0.39 is 0 Å². The van der Waals surface area contributed by atoms with E-state index in [4.69, 9.17) is 4.98 Å². The van der Waals surface area contributed by atoms with Crippen molar-refractivity contribution in [1.82, 2.24) is 10.3 Å². The SMILES string of the molecule is CCN(c1nc(CNC)cs1)C1CCCCC1. The normalized spacial score (nSPS) is 17.3. The first-order chi connectivity index (χ1) is 8.35. The van der Waals surface area contributed by atoms with Gasteiger partial charge in [0.05, 0.1) is 5.69 Å². The van der Waals surface area contributed by atoms with Crippen molar-refractivity contribution >= 4 is 16.5 Å². The first kappa shape index (κ1) is 12.8. The van der Waals surface area contributed by atoms with Crippen LogP contribution < -0.4 is 10.2 Å². The fraction of sp³-hybridized carbons (Fsp3) is 0.769. The number of thiazole rings is 1. The topological polar surface area (TPSA) is 28.2 Å². The molecule has 0 unspecified atom stereocenters. The van der Waals surface area contributed by atoms with Gasteiger partial charge in [-0.2, -0.15) is 0 Å². The van der Waals surface area contributed by atoms with Crippen molar-refractivity contribution in [3.05, 3.63) is 11.1 Å². The molecule has 0 radical (unpaired) electrons. The molecule has 1 N–H and O–H groups in total. The second-order valence-corrected chi connectivity index (χ2v) is 5.57. The quantitative estimate of drug-likeness (QED) is 0.874. The smallest absolute Gasteiger partial charge is 0.185 e. The number of aromatic nitrogens is 1. The summed E-state index contributed by atoms with van der Waals surface area (Å²) in [6.45, 7) is 4.20. The van der Waals surface area contributed by atoms with E-state index in [9.17, 15) is 0 Å². The van der Waals surface area contributed by atoms with Crippen LogP contribution in [0, 0.1) is 0 Å². The Labute approximate surface area is 108 Å². The molecule has 1 aromatic rings. The molecule has 4 heteroatoms. The number of anilines is 1. The second kappa shape index (κ2) is 6.36. The van der Waals surface area contributed by atoms with Crippen LogP contribution in [0.2, 0.25) is 0 Å². The lowest BCUT2D eigenvalue weighted by molar-refractivity contribution is 0.417. The zero-order valence-corrected chi connectivity index (χ0v) is 11.7. The lowest BCUT2D eigenvalue weighted by Crippen LogP contribution is -2.36. The molecule has 0 aromatic carbocycles. The van der Waals surface area contributed by atoms with E-state index >= 15 is 0 Å². The van der Waals surface area contributed by atoms with E-state index in [-0.39, 0.29) is 0 Å². The van der Waals surface area contributed by atoms with Gasteiger partial charge in [-0.25, -0.2) is 4.98 Å². The molecule has 1 heterocycles. The molecule has 1 aliphatic rings. The molecule has 0 saturated heterocycles. The molecule has 1 aliphatic carbocycles. The van der Waals surface area contributed by atoms with Crippen LogP contribution in [-0.4, -0.2) is 24.6 Å². The number of nitrogens with zero attached hydrogens (tertiary/aromatic N) is 2. The zero-order valence-electron chi connectivity index (χ0n) is 10.9. The summed E-state index contributed by atoms with van der Waals surface area (Å²) in [4.78, 5) is 7.23. The summed E-state index contributed by atoms with van der Waals surface area (Å²) < 4.78 is 0. The average molecular weight is 253 g/mol. The minimum absolute atomic E-state index is 0.724. The Morgan fingerprint density at radius 1 is 1.41 bits per heavy atom. The zero-order chi connectivity index (χ0) is 12.1. The summed E-state index contributed by atoms with van der Waals surface area (Å²) in [5.41, 5.74) is 1.17. The van der Waals surface area contributed by atoms with Crippen molar-refractivity contribution in [2.75, 3.05) is 18.5 Å². The highest BCUT2D eigenvalue weighted by Crippen LogP contribution is 2.29. The maximum atomic E-state index is 4.73. The average Bonchev–Trinajstić information content (AvgIpc) is 2.81. The monoisotopic (exact) mass is 253 g/mol. The second-order valence-electron chi connectivity index (χ2n) is 4.73. The summed E-state index contributed by atoms with van der Waals surface area (Å²) in [5, 5.41) is 6.55. The predicted molar refractivity (Wildman–Crippen MR) is 74.8 cm³/mol. The van der Waals surface area contributed by atoms with Crippen LogP contribution in [-0.2, 0) is 6.54 Å². The van der Waals surface area contributed by atoms with Gasteiger partial charge in [-0.05, 0) is 26.8 Å². The molecule has 0 amide bonds. The van der Waals surface area contributed by atoms with Gasteiger partial charge in [-0.1, -0.05) is 19.3 Å². The first-order valence-electron chi connectivity index (χ1n) is 6.70. The van der Waals surface area contributed by atoms with E-state index in [1.54, 1.807) is 11.3 Å². The third kappa shape index (κ3) is 3.19. The van der Waals surface area contributed by atoms with Crippen molar-refractivity contribution in [2.45, 2.75) is 51.6 Å². The summed E-state index contributed by atoms with van der Waals surface area (Å²) in [7, 11) is 1.97. The van der Waals surface area contributed by atoms with Crippen LogP contribution in [0.1, 0.15) is 44.7 Å². The number of nitrogens with one attached hydrogen (secondary N) is 1. The number of hydrogen-bond acceptors (Lipinski definition) is 4. The van der Waals surface area contributed by atoms with Gasteiger partial charge in [0, 0.05) is 24.5 Å². The molecule has 0 bridgehead atoms. The maximum absolute atomic E-state index is 4.73. The molecular weight excluding hydrogens is 230 g/mol. The Kier molecular flexibility index (Phi) is 4.80. The van der Waals surface area contributed by atoms with E-state index in [0.717, 1.165) is 19.1 Å². The van der Waals surface area contributed by atoms with Gasteiger partial charge in [-0.15, -0.1) is 11.3 Å². The molecule has 2 rings (SSSR count). The highest BCUT2D eigenvalue weighted by Gasteiger charge is 2.22. The Morgan fingerprint density at radius 2 is 2.18 bits per heavy atom. The molecular formula is C13H23N3S. The maximum Gasteiger partial charge on any atom is 0.185 e. The standard InChI is InChI=1S/C13H23N3S/c1-3-16(12-7-5-4-6-8-12)13-15-11(9-14-2)10-17-13/h10,12,14H,3-9H2,1-2H3. The predicted octanol–water partition coefficient (Wildman–Crippen LogP) is 3.02. The number of rotatable bonds is 5. The first-order valence-corrected chi connectivity index (χ1v) is 7.58. The molecule has 3 nitrogen and oxygen atoms in total. The molecule has 1 saturated carbocycles. The van der Waals surface area contributed by atoms with Gasteiger partial charge >= 0.3 is 0 Å². The Hall–Kier alpha value is -0.610. The van der Waals surface area contributed by atoms with Gasteiger partial charge in [0.2, 0.25) is 0 Å². The molecule has 96 valence electrons. The Morgan fingerprint density at radius 3 is 2.82 bits per heavy atom. The number of hydrogen-bond donors (Lipinski definition) is 1. The van der Waals surface area contributed by atoms with Crippen LogP contribution in [0.3, 0.4) is 0 Å². The van der Waals surface area contributed by atoms with E-state index in [0.29, 0.717) is 0 Å². The lowest BCUT2D eigenvalue weighted by atomic mass is 9.94. The highest BCUT2D eigenvalue weighted by atomic mass is 32.1. The molecule has 1 fully saturated rings. The van der Waals surface area contributed by atoms with E-state index in [1.807, 2.05) is 7.05 Å². The van der Waals surface area contributed by atoms with E-state index in [1.165, 1.54) is 42.9 Å². The van der Waals surface area contributed by atoms with E-state index in [2.05, 4.69) is 22.5 Å². The highest BCUT2D eigenvalue weighted by molar-refractivity contribution is 7.13. The Bertz CT molecular complexity index is 331. The van der Waals surface area contributed by atoms with Gasteiger partial charge in [0.15, 0.2) is 5.13 Å². The largest absolute Gasteiger partial charge is 0.345 e.